The minimum atomic E-state index is -3.03. The van der Waals surface area contributed by atoms with E-state index in [2.05, 4.69) is 10.3 Å². The highest BCUT2D eigenvalue weighted by Crippen LogP contribution is 2.22. The van der Waals surface area contributed by atoms with E-state index in [1.165, 1.54) is 18.0 Å². The van der Waals surface area contributed by atoms with E-state index in [0.29, 0.717) is 17.3 Å². The largest absolute Gasteiger partial charge is 0.347 e. The molecule has 3 rings (SSSR count). The molecule has 23 heavy (non-hydrogen) atoms. The molecule has 0 bridgehead atoms. The first-order valence-electron chi connectivity index (χ1n) is 7.18. The first kappa shape index (κ1) is 16.1. The van der Waals surface area contributed by atoms with E-state index in [1.807, 2.05) is 36.6 Å². The van der Waals surface area contributed by atoms with E-state index in [-0.39, 0.29) is 23.5 Å². The van der Waals surface area contributed by atoms with Crippen LogP contribution in [0.25, 0.3) is 5.69 Å². The van der Waals surface area contributed by atoms with Crippen molar-refractivity contribution in [3.8, 4) is 5.69 Å². The third-order valence-corrected chi connectivity index (χ3v) is 6.15. The highest BCUT2D eigenvalue weighted by atomic mass is 32.2. The van der Waals surface area contributed by atoms with Gasteiger partial charge in [0.1, 0.15) is 5.69 Å². The number of thioether (sulfide) groups is 1. The molecule has 1 aliphatic rings. The molecule has 2 heterocycles. The van der Waals surface area contributed by atoms with Gasteiger partial charge in [0, 0.05) is 11.7 Å². The number of imidazole rings is 1. The molecule has 1 aliphatic heterocycles. The molecule has 0 aliphatic carbocycles. The Balaban J connectivity index is 1.88. The average Bonchev–Trinajstić information content (AvgIpc) is 3.11. The van der Waals surface area contributed by atoms with Crippen LogP contribution < -0.4 is 5.32 Å². The fourth-order valence-corrected chi connectivity index (χ4v) is 4.85. The summed E-state index contributed by atoms with van der Waals surface area (Å²) in [7, 11) is -3.03. The molecule has 1 unspecified atom stereocenters. The van der Waals surface area contributed by atoms with Gasteiger partial charge in [0.15, 0.2) is 15.0 Å². The van der Waals surface area contributed by atoms with Gasteiger partial charge in [-0.3, -0.25) is 9.36 Å². The standard InChI is InChI=1S/C15H17N3O3S2/c1-22-15-16-9-13(18(15)12-5-3-2-4-6-12)14(19)17-11-7-8-23(20,21)10-11/h2-6,9,11H,7-8,10H2,1H3,(H,17,19). The monoisotopic (exact) mass is 351 g/mol. The Kier molecular flexibility index (Phi) is 4.45. The van der Waals surface area contributed by atoms with Gasteiger partial charge >= 0.3 is 0 Å². The summed E-state index contributed by atoms with van der Waals surface area (Å²) in [4.78, 5) is 16.8. The van der Waals surface area contributed by atoms with Gasteiger partial charge in [0.05, 0.1) is 17.7 Å². The lowest BCUT2D eigenvalue weighted by atomic mass is 10.2. The highest BCUT2D eigenvalue weighted by Gasteiger charge is 2.30. The second-order valence-corrected chi connectivity index (χ2v) is 8.38. The fraction of sp³-hybridized carbons (Fsp3) is 0.333. The molecule has 1 aromatic carbocycles. The van der Waals surface area contributed by atoms with Crippen LogP contribution in [-0.4, -0.2) is 47.7 Å². The molecule has 1 amide bonds. The van der Waals surface area contributed by atoms with Crippen molar-refractivity contribution >= 4 is 27.5 Å². The molecule has 1 atom stereocenters. The van der Waals surface area contributed by atoms with Crippen LogP contribution in [0.15, 0.2) is 41.7 Å². The summed E-state index contributed by atoms with van der Waals surface area (Å²) in [5.74, 6) is -0.164. The highest BCUT2D eigenvalue weighted by molar-refractivity contribution is 7.98. The number of amides is 1. The van der Waals surface area contributed by atoms with Crippen molar-refractivity contribution in [2.45, 2.75) is 17.6 Å². The number of aromatic nitrogens is 2. The summed E-state index contributed by atoms with van der Waals surface area (Å²) in [5, 5.41) is 3.52. The first-order valence-corrected chi connectivity index (χ1v) is 10.2. The predicted molar refractivity (Wildman–Crippen MR) is 89.9 cm³/mol. The van der Waals surface area contributed by atoms with E-state index in [0.717, 1.165) is 5.69 Å². The van der Waals surface area contributed by atoms with Crippen molar-refractivity contribution in [3.05, 3.63) is 42.2 Å². The Labute approximate surface area is 139 Å². The predicted octanol–water partition coefficient (Wildman–Crippen LogP) is 1.51. The summed E-state index contributed by atoms with van der Waals surface area (Å²) in [6.07, 6.45) is 3.88. The van der Waals surface area contributed by atoms with Crippen LogP contribution in [-0.2, 0) is 9.84 Å². The number of sulfone groups is 1. The molecule has 2 aromatic rings. The molecular formula is C15H17N3O3S2. The lowest BCUT2D eigenvalue weighted by Crippen LogP contribution is -2.36. The smallest absolute Gasteiger partial charge is 0.270 e. The number of hydrogen-bond donors (Lipinski definition) is 1. The maximum absolute atomic E-state index is 12.6. The third-order valence-electron chi connectivity index (χ3n) is 3.73. The zero-order valence-electron chi connectivity index (χ0n) is 12.6. The molecule has 1 aromatic heterocycles. The van der Waals surface area contributed by atoms with E-state index < -0.39 is 9.84 Å². The molecule has 8 heteroatoms. The molecule has 0 spiro atoms. The first-order chi connectivity index (χ1) is 11.0. The molecule has 6 nitrogen and oxygen atoms in total. The van der Waals surface area contributed by atoms with Crippen molar-refractivity contribution in [1.82, 2.24) is 14.9 Å². The van der Waals surface area contributed by atoms with Crippen LogP contribution >= 0.6 is 11.8 Å². The molecule has 1 fully saturated rings. The number of hydrogen-bond acceptors (Lipinski definition) is 5. The number of rotatable bonds is 4. The van der Waals surface area contributed by atoms with Crippen LogP contribution in [0.3, 0.4) is 0 Å². The van der Waals surface area contributed by atoms with E-state index in [9.17, 15) is 13.2 Å². The number of carbonyl (C=O) groups is 1. The number of nitrogens with one attached hydrogen (secondary N) is 1. The average molecular weight is 351 g/mol. The molecule has 0 saturated carbocycles. The van der Waals surface area contributed by atoms with Gasteiger partial charge in [0.25, 0.3) is 5.91 Å². The Hall–Kier alpha value is -1.80. The SMILES string of the molecule is CSc1ncc(C(=O)NC2CCS(=O)(=O)C2)n1-c1ccccc1. The maximum atomic E-state index is 12.6. The lowest BCUT2D eigenvalue weighted by molar-refractivity contribution is 0.0933. The Morgan fingerprint density at radius 3 is 2.70 bits per heavy atom. The van der Waals surface area contributed by atoms with E-state index in [4.69, 9.17) is 0 Å². The van der Waals surface area contributed by atoms with Gasteiger partial charge in [-0.2, -0.15) is 0 Å². The van der Waals surface area contributed by atoms with Crippen LogP contribution in [0.5, 0.6) is 0 Å². The second kappa shape index (κ2) is 6.37. The fourth-order valence-electron chi connectivity index (χ4n) is 2.63. The Bertz CT molecular complexity index is 816. The van der Waals surface area contributed by atoms with E-state index >= 15 is 0 Å². The minimum absolute atomic E-state index is 0.00754. The van der Waals surface area contributed by atoms with Crippen LogP contribution in [0.4, 0.5) is 0 Å². The van der Waals surface area contributed by atoms with Crippen LogP contribution in [0.1, 0.15) is 16.9 Å². The van der Waals surface area contributed by atoms with Crippen LogP contribution in [0, 0.1) is 0 Å². The quantitative estimate of drug-likeness (QED) is 0.845. The molecule has 1 N–H and O–H groups in total. The van der Waals surface area contributed by atoms with E-state index in [1.54, 1.807) is 4.57 Å². The van der Waals surface area contributed by atoms with Gasteiger partial charge in [-0.15, -0.1) is 0 Å². The number of para-hydroxylation sites is 1. The van der Waals surface area contributed by atoms with Gasteiger partial charge in [0.2, 0.25) is 0 Å². The van der Waals surface area contributed by atoms with Gasteiger partial charge in [-0.25, -0.2) is 13.4 Å². The maximum Gasteiger partial charge on any atom is 0.270 e. The summed E-state index contributed by atoms with van der Waals surface area (Å²) in [6, 6.07) is 9.16. The number of carbonyl (C=O) groups excluding carboxylic acids is 1. The van der Waals surface area contributed by atoms with Gasteiger partial charge in [-0.1, -0.05) is 30.0 Å². The second-order valence-electron chi connectivity index (χ2n) is 5.37. The molecule has 122 valence electrons. The summed E-state index contributed by atoms with van der Waals surface area (Å²) in [6.45, 7) is 0. The summed E-state index contributed by atoms with van der Waals surface area (Å²) in [5.41, 5.74) is 1.25. The Morgan fingerprint density at radius 1 is 1.35 bits per heavy atom. The van der Waals surface area contributed by atoms with Gasteiger partial charge in [-0.05, 0) is 24.8 Å². The van der Waals surface area contributed by atoms with Crippen molar-refractivity contribution in [3.63, 3.8) is 0 Å². The third kappa shape index (κ3) is 3.42. The topological polar surface area (TPSA) is 81.1 Å². The minimum Gasteiger partial charge on any atom is -0.347 e. The zero-order valence-corrected chi connectivity index (χ0v) is 14.2. The molecule has 1 saturated heterocycles. The van der Waals surface area contributed by atoms with Crippen molar-refractivity contribution in [1.29, 1.82) is 0 Å². The van der Waals surface area contributed by atoms with Crippen LogP contribution in [0.2, 0.25) is 0 Å². The number of benzene rings is 1. The van der Waals surface area contributed by atoms with Crippen molar-refractivity contribution < 1.29 is 13.2 Å². The normalized spacial score (nSPS) is 19.6. The van der Waals surface area contributed by atoms with Gasteiger partial charge < -0.3 is 5.32 Å². The Morgan fingerprint density at radius 2 is 2.09 bits per heavy atom. The number of nitrogens with zero attached hydrogens (tertiary/aromatic N) is 2. The lowest BCUT2D eigenvalue weighted by Gasteiger charge is -2.13. The molecule has 0 radical (unpaired) electrons. The molecular weight excluding hydrogens is 334 g/mol. The summed E-state index contributed by atoms with van der Waals surface area (Å²) >= 11 is 1.45. The zero-order chi connectivity index (χ0) is 16.4. The van der Waals surface area contributed by atoms with Crippen molar-refractivity contribution in [2.24, 2.45) is 0 Å². The van der Waals surface area contributed by atoms with Crippen molar-refractivity contribution in [2.75, 3.05) is 17.8 Å². The summed E-state index contributed by atoms with van der Waals surface area (Å²) < 4.78 is 24.8.